The van der Waals surface area contributed by atoms with Crippen molar-refractivity contribution >= 4 is 40.4 Å². The lowest BCUT2D eigenvalue weighted by Gasteiger charge is -2.14. The molecular formula is C17H11ClF6N6O. The highest BCUT2D eigenvalue weighted by molar-refractivity contribution is 6.33. The van der Waals surface area contributed by atoms with E-state index in [0.717, 1.165) is 18.5 Å². The first-order valence-corrected chi connectivity index (χ1v) is 8.53. The van der Waals surface area contributed by atoms with E-state index in [1.54, 1.807) is 0 Å². The number of benzene rings is 1. The van der Waals surface area contributed by atoms with Gasteiger partial charge in [0.15, 0.2) is 11.6 Å². The van der Waals surface area contributed by atoms with Crippen LogP contribution in [0.1, 0.15) is 5.56 Å². The molecular weight excluding hydrogens is 454 g/mol. The zero-order valence-corrected chi connectivity index (χ0v) is 15.8. The van der Waals surface area contributed by atoms with Crippen molar-refractivity contribution in [1.82, 2.24) is 15.0 Å². The molecule has 3 aromatic rings. The van der Waals surface area contributed by atoms with Crippen LogP contribution in [0.2, 0.25) is 5.02 Å². The molecule has 0 saturated heterocycles. The van der Waals surface area contributed by atoms with E-state index in [4.69, 9.17) is 17.3 Å². The van der Waals surface area contributed by atoms with E-state index in [9.17, 15) is 26.3 Å². The topological polar surface area (TPSA) is 98.0 Å². The SMILES string of the molecule is Nc1c(Nc2ccc(OC(F)(F)F)cc2)ncnc1Nc1ncc(C(F)(F)F)cc1Cl. The van der Waals surface area contributed by atoms with Crippen molar-refractivity contribution in [1.29, 1.82) is 0 Å². The van der Waals surface area contributed by atoms with Gasteiger partial charge in [0.1, 0.15) is 23.6 Å². The number of hydrogen-bond acceptors (Lipinski definition) is 7. The predicted octanol–water partition coefficient (Wildman–Crippen LogP) is 5.51. The first kappa shape index (κ1) is 22.2. The molecule has 0 aliphatic carbocycles. The van der Waals surface area contributed by atoms with Crippen molar-refractivity contribution in [3.63, 3.8) is 0 Å². The summed E-state index contributed by atoms with van der Waals surface area (Å²) in [4.78, 5) is 11.4. The van der Waals surface area contributed by atoms with Crippen molar-refractivity contribution in [2.75, 3.05) is 16.4 Å². The van der Waals surface area contributed by atoms with Gasteiger partial charge in [0.25, 0.3) is 0 Å². The average molecular weight is 465 g/mol. The Hall–Kier alpha value is -3.48. The standard InChI is InChI=1S/C17H11ClF6N6O/c18-11-5-8(16(19,20)21)6-26-13(11)30-15-12(25)14(27-7-28-15)29-9-1-3-10(4-2-9)31-17(22,23)24/h1-7H,25H2,(H2,26,27,28,29,30). The second-order valence-corrected chi connectivity index (χ2v) is 6.27. The number of anilines is 5. The third-order valence-electron chi connectivity index (χ3n) is 3.64. The number of nitrogens with zero attached hydrogens (tertiary/aromatic N) is 3. The fraction of sp³-hybridized carbons (Fsp3) is 0.118. The van der Waals surface area contributed by atoms with E-state index in [1.165, 1.54) is 12.1 Å². The molecule has 0 atom stereocenters. The third-order valence-corrected chi connectivity index (χ3v) is 3.93. The maximum absolute atomic E-state index is 12.7. The van der Waals surface area contributed by atoms with Gasteiger partial charge in [-0.05, 0) is 30.3 Å². The van der Waals surface area contributed by atoms with Crippen LogP contribution >= 0.6 is 11.6 Å². The smallest absolute Gasteiger partial charge is 0.406 e. The minimum atomic E-state index is -4.82. The molecule has 164 valence electrons. The van der Waals surface area contributed by atoms with Gasteiger partial charge < -0.3 is 21.1 Å². The highest BCUT2D eigenvalue weighted by Crippen LogP contribution is 2.34. The number of nitrogens with one attached hydrogen (secondary N) is 2. The third kappa shape index (κ3) is 5.78. The number of nitrogens with two attached hydrogens (primary N) is 1. The number of rotatable bonds is 5. The summed E-state index contributed by atoms with van der Waals surface area (Å²) < 4.78 is 78.6. The molecule has 0 spiro atoms. The van der Waals surface area contributed by atoms with Crippen LogP contribution in [0.4, 0.5) is 55.2 Å². The molecule has 2 heterocycles. The van der Waals surface area contributed by atoms with E-state index in [0.29, 0.717) is 18.0 Å². The van der Waals surface area contributed by atoms with Gasteiger partial charge >= 0.3 is 12.5 Å². The predicted molar refractivity (Wildman–Crippen MR) is 100 cm³/mol. The lowest BCUT2D eigenvalue weighted by molar-refractivity contribution is -0.274. The number of nitrogen functional groups attached to an aromatic ring is 1. The fourth-order valence-electron chi connectivity index (χ4n) is 2.27. The lowest BCUT2D eigenvalue weighted by Crippen LogP contribution is -2.17. The molecule has 31 heavy (non-hydrogen) atoms. The molecule has 14 heteroatoms. The molecule has 0 unspecified atom stereocenters. The number of aromatic nitrogens is 3. The van der Waals surface area contributed by atoms with Gasteiger partial charge in [0, 0.05) is 11.9 Å². The normalized spacial score (nSPS) is 11.8. The molecule has 0 bridgehead atoms. The zero-order chi connectivity index (χ0) is 22.8. The Kier molecular flexibility index (Phi) is 5.97. The number of ether oxygens (including phenoxy) is 1. The minimum absolute atomic E-state index is 0.0105. The Morgan fingerprint density at radius 3 is 2.03 bits per heavy atom. The second kappa shape index (κ2) is 8.34. The first-order chi connectivity index (χ1) is 14.4. The second-order valence-electron chi connectivity index (χ2n) is 5.86. The molecule has 4 N–H and O–H groups in total. The Morgan fingerprint density at radius 1 is 0.871 bits per heavy atom. The molecule has 0 fully saturated rings. The Morgan fingerprint density at radius 2 is 1.48 bits per heavy atom. The monoisotopic (exact) mass is 464 g/mol. The van der Waals surface area contributed by atoms with Gasteiger partial charge in [-0.25, -0.2) is 15.0 Å². The van der Waals surface area contributed by atoms with Gasteiger partial charge in [-0.3, -0.25) is 0 Å². The van der Waals surface area contributed by atoms with Gasteiger partial charge in [-0.1, -0.05) is 11.6 Å². The molecule has 0 saturated carbocycles. The van der Waals surface area contributed by atoms with Gasteiger partial charge in [0.05, 0.1) is 10.6 Å². The summed E-state index contributed by atoms with van der Waals surface area (Å²) in [6.45, 7) is 0. The largest absolute Gasteiger partial charge is 0.573 e. The molecule has 0 radical (unpaired) electrons. The van der Waals surface area contributed by atoms with Crippen LogP contribution < -0.4 is 21.1 Å². The number of halogens is 7. The number of hydrogen-bond donors (Lipinski definition) is 3. The average Bonchev–Trinajstić information content (AvgIpc) is 2.66. The van der Waals surface area contributed by atoms with Crippen LogP contribution in [-0.2, 0) is 6.18 Å². The summed E-state index contributed by atoms with van der Waals surface area (Å²) in [5, 5.41) is 5.07. The molecule has 0 aliphatic rings. The molecule has 1 aromatic carbocycles. The lowest BCUT2D eigenvalue weighted by atomic mass is 10.2. The summed E-state index contributed by atoms with van der Waals surface area (Å²) in [5.41, 5.74) is 5.22. The van der Waals surface area contributed by atoms with E-state index < -0.39 is 23.9 Å². The Bertz CT molecular complexity index is 1070. The maximum Gasteiger partial charge on any atom is 0.573 e. The van der Waals surface area contributed by atoms with Crippen molar-refractivity contribution in [3.8, 4) is 5.75 Å². The highest BCUT2D eigenvalue weighted by Gasteiger charge is 2.32. The van der Waals surface area contributed by atoms with Crippen molar-refractivity contribution in [2.45, 2.75) is 12.5 Å². The zero-order valence-electron chi connectivity index (χ0n) is 15.0. The van der Waals surface area contributed by atoms with Crippen LogP contribution in [-0.4, -0.2) is 21.3 Å². The highest BCUT2D eigenvalue weighted by atomic mass is 35.5. The van der Waals surface area contributed by atoms with E-state index in [2.05, 4.69) is 30.3 Å². The summed E-state index contributed by atoms with van der Waals surface area (Å²) in [5.74, 6) is -0.479. The quantitative estimate of drug-likeness (QED) is 0.428. The minimum Gasteiger partial charge on any atom is -0.406 e. The van der Waals surface area contributed by atoms with E-state index in [-0.39, 0.29) is 28.2 Å². The van der Waals surface area contributed by atoms with Crippen molar-refractivity contribution in [3.05, 3.63) is 53.4 Å². The maximum atomic E-state index is 12.7. The van der Waals surface area contributed by atoms with Crippen LogP contribution in [0.3, 0.4) is 0 Å². The van der Waals surface area contributed by atoms with E-state index in [1.807, 2.05) is 0 Å². The van der Waals surface area contributed by atoms with E-state index >= 15 is 0 Å². The van der Waals surface area contributed by atoms with Gasteiger partial charge in [0.2, 0.25) is 0 Å². The molecule has 7 nitrogen and oxygen atoms in total. The molecule has 3 rings (SSSR count). The summed E-state index contributed by atoms with van der Waals surface area (Å²) >= 11 is 5.85. The van der Waals surface area contributed by atoms with Crippen LogP contribution in [0.15, 0.2) is 42.9 Å². The Balaban J connectivity index is 1.78. The van der Waals surface area contributed by atoms with Crippen molar-refractivity contribution in [2.24, 2.45) is 0 Å². The number of pyridine rings is 1. The van der Waals surface area contributed by atoms with Gasteiger partial charge in [-0.2, -0.15) is 13.2 Å². The van der Waals surface area contributed by atoms with Crippen molar-refractivity contribution < 1.29 is 31.1 Å². The molecule has 0 amide bonds. The molecule has 0 aliphatic heterocycles. The number of alkyl halides is 6. The van der Waals surface area contributed by atoms with Crippen LogP contribution in [0.5, 0.6) is 5.75 Å². The van der Waals surface area contributed by atoms with Gasteiger partial charge in [-0.15, -0.1) is 13.2 Å². The first-order valence-electron chi connectivity index (χ1n) is 8.15. The fourth-order valence-corrected chi connectivity index (χ4v) is 2.48. The summed E-state index contributed by atoms with van der Waals surface area (Å²) in [6, 6.07) is 5.45. The van der Waals surface area contributed by atoms with Crippen LogP contribution in [0.25, 0.3) is 0 Å². The molecule has 2 aromatic heterocycles. The summed E-state index contributed by atoms with van der Waals surface area (Å²) in [7, 11) is 0. The summed E-state index contributed by atoms with van der Waals surface area (Å²) in [6.07, 6.45) is -7.74. The Labute approximate surface area is 175 Å². The van der Waals surface area contributed by atoms with Crippen LogP contribution in [0, 0.1) is 0 Å².